The molecule has 60 heavy (non-hydrogen) atoms. The molecule has 0 aliphatic heterocycles. The standard InChI is InChI=1S/C52H99N3O5/c1-6-9-12-15-19-28-37-46-60-48(56)40-31-24-21-26-34-44-55(50-49(51(57)52(50)58)53-41-32-35-42-54(4)5)43-33-25-18-20-27-36-45-59-47(38-29-22-16-13-10-7-2)39-30-23-17-14-11-8-3/h47,53H,6-46H2,1-5H3. The number of carbonyl (C=O) groups excluding carboxylic acids is 1. The van der Waals surface area contributed by atoms with Crippen LogP contribution in [0.15, 0.2) is 9.59 Å². The summed E-state index contributed by atoms with van der Waals surface area (Å²) >= 11 is 0. The van der Waals surface area contributed by atoms with Crippen LogP contribution in [0.2, 0.25) is 0 Å². The zero-order valence-corrected chi connectivity index (χ0v) is 40.5. The van der Waals surface area contributed by atoms with E-state index in [-0.39, 0.29) is 16.8 Å². The predicted octanol–water partition coefficient (Wildman–Crippen LogP) is 13.7. The summed E-state index contributed by atoms with van der Waals surface area (Å²) < 4.78 is 12.0. The number of unbranched alkanes of at least 4 members (excludes halogenated alkanes) is 26. The number of carbonyl (C=O) groups is 1. The van der Waals surface area contributed by atoms with Crippen molar-refractivity contribution in [1.29, 1.82) is 0 Å². The maximum atomic E-state index is 12.9. The molecule has 1 rings (SSSR count). The Hall–Kier alpha value is -1.93. The third-order valence-corrected chi connectivity index (χ3v) is 12.3. The first kappa shape index (κ1) is 56.1. The fraction of sp³-hybridized carbons (Fsp3) is 0.904. The van der Waals surface area contributed by atoms with E-state index in [2.05, 4.69) is 50.0 Å². The van der Waals surface area contributed by atoms with Gasteiger partial charge in [0, 0.05) is 32.7 Å². The number of anilines is 2. The van der Waals surface area contributed by atoms with E-state index in [4.69, 9.17) is 9.47 Å². The van der Waals surface area contributed by atoms with E-state index in [1.165, 1.54) is 141 Å². The minimum Gasteiger partial charge on any atom is -0.466 e. The van der Waals surface area contributed by atoms with Crippen LogP contribution in [0.5, 0.6) is 0 Å². The van der Waals surface area contributed by atoms with Gasteiger partial charge in [-0.3, -0.25) is 14.4 Å². The van der Waals surface area contributed by atoms with Crippen molar-refractivity contribution in [3.05, 3.63) is 20.4 Å². The summed E-state index contributed by atoms with van der Waals surface area (Å²) in [5.74, 6) is -0.0615. The molecular weight excluding hydrogens is 747 g/mol. The van der Waals surface area contributed by atoms with Crippen LogP contribution < -0.4 is 21.1 Å². The first-order valence-corrected chi connectivity index (χ1v) is 26.1. The van der Waals surface area contributed by atoms with E-state index < -0.39 is 0 Å². The molecule has 0 saturated heterocycles. The van der Waals surface area contributed by atoms with E-state index in [1.54, 1.807) is 0 Å². The number of nitrogens with zero attached hydrogens (tertiary/aromatic N) is 2. The molecule has 0 saturated carbocycles. The Balaban J connectivity index is 2.46. The van der Waals surface area contributed by atoms with Gasteiger partial charge in [0.25, 0.3) is 10.9 Å². The summed E-state index contributed by atoms with van der Waals surface area (Å²) in [6.45, 7) is 11.6. The highest BCUT2D eigenvalue weighted by Gasteiger charge is 2.25. The third kappa shape index (κ3) is 31.0. The lowest BCUT2D eigenvalue weighted by Crippen LogP contribution is -2.43. The molecule has 8 nitrogen and oxygen atoms in total. The third-order valence-electron chi connectivity index (χ3n) is 12.3. The van der Waals surface area contributed by atoms with Crippen molar-refractivity contribution in [2.24, 2.45) is 0 Å². The second-order valence-electron chi connectivity index (χ2n) is 18.4. The van der Waals surface area contributed by atoms with Crippen LogP contribution >= 0.6 is 0 Å². The maximum absolute atomic E-state index is 12.9. The van der Waals surface area contributed by atoms with Crippen LogP contribution in [0, 0.1) is 0 Å². The lowest BCUT2D eigenvalue weighted by Gasteiger charge is -2.28. The van der Waals surface area contributed by atoms with Gasteiger partial charge in [-0.25, -0.2) is 0 Å². The Morgan fingerprint density at radius 1 is 0.500 bits per heavy atom. The predicted molar refractivity (Wildman–Crippen MR) is 260 cm³/mol. The minimum atomic E-state index is -0.357. The van der Waals surface area contributed by atoms with Gasteiger partial charge in [-0.05, 0) is 78.4 Å². The number of nitrogens with one attached hydrogen (secondary N) is 1. The maximum Gasteiger partial charge on any atom is 0.305 e. The second-order valence-corrected chi connectivity index (χ2v) is 18.4. The Labute approximate surface area is 371 Å². The molecule has 0 aromatic heterocycles. The normalized spacial score (nSPS) is 11.7. The molecule has 0 unspecified atom stereocenters. The van der Waals surface area contributed by atoms with E-state index in [1.807, 2.05) is 0 Å². The van der Waals surface area contributed by atoms with Crippen molar-refractivity contribution in [3.63, 3.8) is 0 Å². The molecule has 0 fully saturated rings. The van der Waals surface area contributed by atoms with Crippen LogP contribution in [0.3, 0.4) is 0 Å². The molecule has 0 bridgehead atoms. The summed E-state index contributed by atoms with van der Waals surface area (Å²) in [6.07, 6.45) is 42.0. The zero-order chi connectivity index (χ0) is 43.7. The first-order valence-electron chi connectivity index (χ1n) is 26.1. The van der Waals surface area contributed by atoms with Crippen LogP contribution in [0.1, 0.15) is 245 Å². The monoisotopic (exact) mass is 846 g/mol. The van der Waals surface area contributed by atoms with Gasteiger partial charge in [-0.15, -0.1) is 0 Å². The number of ether oxygens (including phenoxy) is 2. The molecule has 1 aromatic carbocycles. The summed E-state index contributed by atoms with van der Waals surface area (Å²) in [4.78, 5) is 42.2. The van der Waals surface area contributed by atoms with E-state index in [0.29, 0.717) is 37.1 Å². The van der Waals surface area contributed by atoms with Gasteiger partial charge in [-0.1, -0.05) is 181 Å². The molecule has 0 atom stereocenters. The van der Waals surface area contributed by atoms with Crippen molar-refractivity contribution >= 4 is 17.3 Å². The second kappa shape index (κ2) is 41.1. The highest BCUT2D eigenvalue weighted by molar-refractivity contribution is 5.75. The van der Waals surface area contributed by atoms with Crippen molar-refractivity contribution in [3.8, 4) is 0 Å². The van der Waals surface area contributed by atoms with Crippen LogP contribution in [0.4, 0.5) is 11.4 Å². The van der Waals surface area contributed by atoms with Crippen LogP contribution in [-0.2, 0) is 14.3 Å². The van der Waals surface area contributed by atoms with Crippen LogP contribution in [-0.4, -0.2) is 70.5 Å². The average molecular weight is 846 g/mol. The molecule has 352 valence electrons. The Morgan fingerprint density at radius 2 is 0.933 bits per heavy atom. The van der Waals surface area contributed by atoms with Gasteiger partial charge in [-0.2, -0.15) is 0 Å². The van der Waals surface area contributed by atoms with Gasteiger partial charge < -0.3 is 24.6 Å². The summed E-state index contributed by atoms with van der Waals surface area (Å²) in [5.41, 5.74) is 0.466. The average Bonchev–Trinajstić information content (AvgIpc) is 3.24. The number of hydrogen-bond donors (Lipinski definition) is 1. The molecular formula is C52H99N3O5. The molecule has 8 heteroatoms. The van der Waals surface area contributed by atoms with E-state index >= 15 is 0 Å². The molecule has 1 N–H and O–H groups in total. The summed E-state index contributed by atoms with van der Waals surface area (Å²) in [6, 6.07) is 0. The van der Waals surface area contributed by atoms with E-state index in [9.17, 15) is 14.4 Å². The van der Waals surface area contributed by atoms with Crippen molar-refractivity contribution in [2.45, 2.75) is 252 Å². The smallest absolute Gasteiger partial charge is 0.305 e. The number of hydrogen-bond acceptors (Lipinski definition) is 8. The molecule has 0 aliphatic carbocycles. The number of esters is 1. The van der Waals surface area contributed by atoms with Crippen molar-refractivity contribution in [2.75, 3.05) is 63.7 Å². The molecule has 1 aromatic rings. The molecule has 0 heterocycles. The SMILES string of the molecule is CCCCCCCCCOC(=O)CCCCCCCN(CCCCCCCCOC(CCCCCCCC)CCCCCCCC)c1c(NCCCCN(C)C)c(=O)c1=O. The quantitative estimate of drug-likeness (QED) is 0.0394. The molecule has 0 radical (unpaired) electrons. The van der Waals surface area contributed by atoms with Gasteiger partial charge >= 0.3 is 5.97 Å². The zero-order valence-electron chi connectivity index (χ0n) is 40.5. The van der Waals surface area contributed by atoms with Gasteiger partial charge in [0.15, 0.2) is 0 Å². The fourth-order valence-corrected chi connectivity index (χ4v) is 8.34. The highest BCUT2D eigenvalue weighted by Crippen LogP contribution is 2.23. The first-order chi connectivity index (χ1) is 29.3. The topological polar surface area (TPSA) is 88.2 Å². The van der Waals surface area contributed by atoms with Gasteiger partial charge in [0.05, 0.1) is 12.7 Å². The van der Waals surface area contributed by atoms with Gasteiger partial charge in [0.2, 0.25) is 0 Å². The molecule has 0 amide bonds. The highest BCUT2D eigenvalue weighted by atomic mass is 16.5. The largest absolute Gasteiger partial charge is 0.466 e. The summed E-state index contributed by atoms with van der Waals surface area (Å²) in [7, 11) is 4.15. The number of rotatable bonds is 47. The minimum absolute atomic E-state index is 0.0615. The molecule has 0 spiro atoms. The summed E-state index contributed by atoms with van der Waals surface area (Å²) in [5, 5.41) is 3.34. The fourth-order valence-electron chi connectivity index (χ4n) is 8.34. The van der Waals surface area contributed by atoms with E-state index in [0.717, 1.165) is 103 Å². The Bertz CT molecular complexity index is 1150. The lowest BCUT2D eigenvalue weighted by atomic mass is 10.0. The van der Waals surface area contributed by atoms with Crippen molar-refractivity contribution in [1.82, 2.24) is 4.90 Å². The molecule has 0 aliphatic rings. The van der Waals surface area contributed by atoms with Crippen molar-refractivity contribution < 1.29 is 14.3 Å². The Kier molecular flexibility index (Phi) is 38.4. The Morgan fingerprint density at radius 3 is 1.45 bits per heavy atom. The van der Waals surface area contributed by atoms with Gasteiger partial charge in [0.1, 0.15) is 11.4 Å². The lowest BCUT2D eigenvalue weighted by molar-refractivity contribution is -0.143. The van der Waals surface area contributed by atoms with Crippen LogP contribution in [0.25, 0.3) is 0 Å².